The van der Waals surface area contributed by atoms with Crippen molar-refractivity contribution < 1.29 is 9.53 Å². The maximum absolute atomic E-state index is 12.9. The van der Waals surface area contributed by atoms with Gasteiger partial charge in [-0.3, -0.25) is 14.2 Å². The van der Waals surface area contributed by atoms with Crippen molar-refractivity contribution in [2.24, 2.45) is 5.92 Å². The molecule has 1 atom stereocenters. The predicted molar refractivity (Wildman–Crippen MR) is 119 cm³/mol. The smallest absolute Gasteiger partial charge is 0.273 e. The van der Waals surface area contributed by atoms with Crippen LogP contribution in [0.2, 0.25) is 0 Å². The zero-order valence-electron chi connectivity index (χ0n) is 17.1. The summed E-state index contributed by atoms with van der Waals surface area (Å²) in [5.41, 5.74) is 0.849. The van der Waals surface area contributed by atoms with Crippen LogP contribution < -0.4 is 20.5 Å². The van der Waals surface area contributed by atoms with Crippen molar-refractivity contribution in [1.29, 1.82) is 0 Å². The van der Waals surface area contributed by atoms with Crippen molar-refractivity contribution in [2.45, 2.75) is 33.2 Å². The van der Waals surface area contributed by atoms with Crippen molar-refractivity contribution in [3.05, 3.63) is 40.9 Å². The number of carbonyl (C=O) groups excluding carboxylic acids is 1. The van der Waals surface area contributed by atoms with E-state index in [1.54, 1.807) is 24.3 Å². The van der Waals surface area contributed by atoms with Gasteiger partial charge in [0.15, 0.2) is 10.8 Å². The molecule has 1 aliphatic heterocycles. The molecule has 2 aromatic heterocycles. The Labute approximate surface area is 178 Å². The van der Waals surface area contributed by atoms with Gasteiger partial charge in [-0.15, -0.1) is 0 Å². The number of nitrogens with zero attached hydrogens (tertiary/aromatic N) is 4. The number of ether oxygens (including phenoxy) is 1. The van der Waals surface area contributed by atoms with Crippen molar-refractivity contribution in [2.75, 3.05) is 29.9 Å². The summed E-state index contributed by atoms with van der Waals surface area (Å²) in [7, 11) is 0. The Morgan fingerprint density at radius 2 is 2.13 bits per heavy atom. The van der Waals surface area contributed by atoms with Crippen LogP contribution >= 0.6 is 11.3 Å². The van der Waals surface area contributed by atoms with Crippen LogP contribution in [-0.4, -0.2) is 40.1 Å². The lowest BCUT2D eigenvalue weighted by atomic mass is 10.0. The van der Waals surface area contributed by atoms with E-state index < -0.39 is 0 Å². The first-order valence-electron chi connectivity index (χ1n) is 10.2. The number of amides is 1. The fourth-order valence-corrected chi connectivity index (χ4v) is 4.61. The van der Waals surface area contributed by atoms with Gasteiger partial charge in [-0.2, -0.15) is 4.98 Å². The molecule has 8 nitrogen and oxygen atoms in total. The number of aromatic nitrogens is 3. The Kier molecular flexibility index (Phi) is 5.98. The second kappa shape index (κ2) is 8.83. The van der Waals surface area contributed by atoms with Crippen molar-refractivity contribution >= 4 is 38.4 Å². The van der Waals surface area contributed by atoms with Gasteiger partial charge in [0, 0.05) is 18.8 Å². The Balaban J connectivity index is 1.48. The average Bonchev–Trinajstić information content (AvgIpc) is 3.17. The zero-order valence-corrected chi connectivity index (χ0v) is 17.9. The van der Waals surface area contributed by atoms with Gasteiger partial charge in [0.2, 0.25) is 5.91 Å². The summed E-state index contributed by atoms with van der Waals surface area (Å²) in [6.07, 6.45) is 3.74. The molecule has 1 saturated heterocycles. The molecular weight excluding hydrogens is 402 g/mol. The van der Waals surface area contributed by atoms with E-state index >= 15 is 0 Å². The Bertz CT molecular complexity index is 1090. The number of anilines is 2. The van der Waals surface area contributed by atoms with Gasteiger partial charge in [-0.25, -0.2) is 4.98 Å². The molecule has 3 aromatic rings. The molecule has 1 aromatic carbocycles. The predicted octanol–water partition coefficient (Wildman–Crippen LogP) is 3.13. The summed E-state index contributed by atoms with van der Waals surface area (Å²) in [4.78, 5) is 36.4. The van der Waals surface area contributed by atoms with E-state index in [9.17, 15) is 9.59 Å². The van der Waals surface area contributed by atoms with Crippen LogP contribution in [0, 0.1) is 5.92 Å². The van der Waals surface area contributed by atoms with Crippen LogP contribution in [0.3, 0.4) is 0 Å². The molecule has 9 heteroatoms. The average molecular weight is 428 g/mol. The minimum atomic E-state index is -0.294. The fraction of sp³-hybridized carbons (Fsp3) is 0.429. The highest BCUT2D eigenvalue weighted by molar-refractivity contribution is 7.22. The number of benzene rings is 1. The molecule has 0 radical (unpaired) electrons. The largest absolute Gasteiger partial charge is 0.494 e. The minimum absolute atomic E-state index is 0.108. The van der Waals surface area contributed by atoms with Crippen LogP contribution in [0.4, 0.5) is 10.8 Å². The van der Waals surface area contributed by atoms with E-state index in [0.29, 0.717) is 28.6 Å². The third-order valence-corrected chi connectivity index (χ3v) is 6.16. The molecule has 1 N–H and O–H groups in total. The number of nitrogens with one attached hydrogen (secondary N) is 1. The van der Waals surface area contributed by atoms with Crippen LogP contribution in [0.15, 0.2) is 35.4 Å². The van der Waals surface area contributed by atoms with Crippen LogP contribution in [0.25, 0.3) is 10.3 Å². The standard InChI is InChI=1S/C21H25N5O3S/c1-3-29-16-8-6-15(7-9-16)23-17(27)12-26-13-22-19-18(20(26)28)30-21(24-19)25-10-4-5-14(2)11-25/h6-9,13-14H,3-5,10-12H2,1-2H3,(H,23,27). The zero-order chi connectivity index (χ0) is 21.1. The first-order valence-corrected chi connectivity index (χ1v) is 11.0. The van der Waals surface area contributed by atoms with E-state index in [4.69, 9.17) is 4.74 Å². The first-order chi connectivity index (χ1) is 14.5. The van der Waals surface area contributed by atoms with Gasteiger partial charge in [0.1, 0.15) is 23.3 Å². The molecule has 30 heavy (non-hydrogen) atoms. The Hall–Kier alpha value is -2.94. The van der Waals surface area contributed by atoms with Crippen molar-refractivity contribution in [1.82, 2.24) is 14.5 Å². The first kappa shape index (κ1) is 20.3. The number of hydrogen-bond acceptors (Lipinski definition) is 7. The SMILES string of the molecule is CCOc1ccc(NC(=O)Cn2cnc3nc(N4CCCC(C)C4)sc3c2=O)cc1. The summed E-state index contributed by atoms with van der Waals surface area (Å²) >= 11 is 1.36. The Morgan fingerprint density at radius 3 is 2.87 bits per heavy atom. The lowest BCUT2D eigenvalue weighted by Crippen LogP contribution is -2.34. The lowest BCUT2D eigenvalue weighted by molar-refractivity contribution is -0.116. The van der Waals surface area contributed by atoms with Gasteiger partial charge >= 0.3 is 0 Å². The van der Waals surface area contributed by atoms with E-state index in [2.05, 4.69) is 27.1 Å². The van der Waals surface area contributed by atoms with E-state index in [1.807, 2.05) is 6.92 Å². The molecule has 1 fully saturated rings. The van der Waals surface area contributed by atoms with Crippen molar-refractivity contribution in [3.63, 3.8) is 0 Å². The summed E-state index contributed by atoms with van der Waals surface area (Å²) in [5.74, 6) is 1.06. The quantitative estimate of drug-likeness (QED) is 0.650. The van der Waals surface area contributed by atoms with Gasteiger partial charge in [-0.1, -0.05) is 18.3 Å². The van der Waals surface area contributed by atoms with Crippen LogP contribution in [0.1, 0.15) is 26.7 Å². The lowest BCUT2D eigenvalue weighted by Gasteiger charge is -2.30. The van der Waals surface area contributed by atoms with Crippen LogP contribution in [-0.2, 0) is 11.3 Å². The maximum Gasteiger partial charge on any atom is 0.273 e. The highest BCUT2D eigenvalue weighted by Gasteiger charge is 2.21. The highest BCUT2D eigenvalue weighted by atomic mass is 32.1. The van der Waals surface area contributed by atoms with Crippen molar-refractivity contribution in [3.8, 4) is 5.75 Å². The molecule has 0 saturated carbocycles. The molecular formula is C21H25N5O3S. The Morgan fingerprint density at radius 1 is 1.33 bits per heavy atom. The minimum Gasteiger partial charge on any atom is -0.494 e. The molecule has 3 heterocycles. The molecule has 0 aliphatic carbocycles. The second-order valence-corrected chi connectivity index (χ2v) is 8.50. The number of fused-ring (bicyclic) bond motifs is 1. The number of thiazole rings is 1. The summed E-state index contributed by atoms with van der Waals surface area (Å²) in [6.45, 7) is 6.51. The van der Waals surface area contributed by atoms with Gasteiger partial charge in [0.05, 0.1) is 6.61 Å². The molecule has 4 rings (SSSR count). The number of carbonyl (C=O) groups is 1. The van der Waals surface area contributed by atoms with Gasteiger partial charge in [-0.05, 0) is 49.9 Å². The summed E-state index contributed by atoms with van der Waals surface area (Å²) < 4.78 is 7.21. The number of piperidine rings is 1. The number of rotatable bonds is 6. The highest BCUT2D eigenvalue weighted by Crippen LogP contribution is 2.29. The summed E-state index contributed by atoms with van der Waals surface area (Å²) in [6, 6.07) is 7.11. The second-order valence-electron chi connectivity index (χ2n) is 7.53. The normalized spacial score (nSPS) is 16.6. The molecule has 1 aliphatic rings. The van der Waals surface area contributed by atoms with E-state index in [-0.39, 0.29) is 18.0 Å². The third-order valence-electron chi connectivity index (χ3n) is 5.06. The van der Waals surface area contributed by atoms with Gasteiger partial charge < -0.3 is 15.0 Å². The molecule has 0 spiro atoms. The van der Waals surface area contributed by atoms with E-state index in [1.165, 1.54) is 28.7 Å². The molecule has 158 valence electrons. The van der Waals surface area contributed by atoms with E-state index in [0.717, 1.165) is 30.4 Å². The summed E-state index contributed by atoms with van der Waals surface area (Å²) in [5, 5.41) is 3.63. The molecule has 1 unspecified atom stereocenters. The topological polar surface area (TPSA) is 89.3 Å². The molecule has 0 bridgehead atoms. The fourth-order valence-electron chi connectivity index (χ4n) is 3.60. The maximum atomic E-state index is 12.9. The van der Waals surface area contributed by atoms with Crippen LogP contribution in [0.5, 0.6) is 5.75 Å². The number of hydrogen-bond donors (Lipinski definition) is 1. The monoisotopic (exact) mass is 427 g/mol. The molecule has 1 amide bonds. The van der Waals surface area contributed by atoms with Gasteiger partial charge in [0.25, 0.3) is 5.56 Å². The third kappa shape index (κ3) is 4.46.